The minimum Gasteiger partial charge on any atom is -0.508 e. The normalized spacial score (nSPS) is 15.2. The van der Waals surface area contributed by atoms with Crippen LogP contribution in [-0.4, -0.2) is 20.6 Å². The van der Waals surface area contributed by atoms with Crippen LogP contribution in [0.25, 0.3) is 11.1 Å². The molecule has 29 heavy (non-hydrogen) atoms. The first-order chi connectivity index (χ1) is 13.7. The maximum atomic E-state index is 13.9. The van der Waals surface area contributed by atoms with E-state index in [0.717, 1.165) is 11.6 Å². The summed E-state index contributed by atoms with van der Waals surface area (Å²) >= 11 is 0. The molecular weight excluding hydrogens is 397 g/mol. The number of phenols is 1. The highest BCUT2D eigenvalue weighted by Gasteiger charge is 2.30. The van der Waals surface area contributed by atoms with Crippen molar-refractivity contribution in [1.82, 2.24) is 0 Å². The van der Waals surface area contributed by atoms with E-state index in [1.807, 2.05) is 0 Å². The summed E-state index contributed by atoms with van der Waals surface area (Å²) in [6.45, 7) is 0. The summed E-state index contributed by atoms with van der Waals surface area (Å²) in [6.07, 6.45) is -0.758. The van der Waals surface area contributed by atoms with Crippen molar-refractivity contribution in [3.8, 4) is 28.4 Å². The van der Waals surface area contributed by atoms with Gasteiger partial charge in [-0.05, 0) is 35.4 Å². The van der Waals surface area contributed by atoms with Crippen molar-refractivity contribution in [2.75, 3.05) is 7.11 Å². The average molecular weight is 415 g/mol. The molecule has 0 saturated carbocycles. The van der Waals surface area contributed by atoms with Crippen molar-refractivity contribution >= 4 is 10.0 Å². The van der Waals surface area contributed by atoms with E-state index in [2.05, 4.69) is 0 Å². The van der Waals surface area contributed by atoms with Crippen molar-refractivity contribution < 1.29 is 27.4 Å². The summed E-state index contributed by atoms with van der Waals surface area (Å²) in [7, 11) is -2.20. The highest BCUT2D eigenvalue weighted by molar-refractivity contribution is 7.88. The molecule has 150 valence electrons. The van der Waals surface area contributed by atoms with Crippen LogP contribution in [-0.2, 0) is 15.8 Å². The maximum absolute atomic E-state index is 13.9. The molecule has 0 bridgehead atoms. The molecule has 1 unspecified atom stereocenters. The second kappa shape index (κ2) is 7.06. The van der Waals surface area contributed by atoms with E-state index in [1.165, 1.54) is 12.1 Å². The lowest BCUT2D eigenvalue weighted by Gasteiger charge is -2.30. The molecule has 3 aromatic carbocycles. The Morgan fingerprint density at radius 2 is 1.97 bits per heavy atom. The molecule has 3 aromatic rings. The highest BCUT2D eigenvalue weighted by Crippen LogP contribution is 2.49. The minimum absolute atomic E-state index is 0.234. The standard InChI is InChI=1S/C21H18FNO5S/c1-27-18-3-2-4-19-20(18)16-6-5-12(11-29(23,25)26)7-17(16)21(28-19)13-8-14(22)10-15(24)9-13/h2-10,21,24H,11H2,1H3,(H2,23,25,26). The van der Waals surface area contributed by atoms with Gasteiger partial charge in [-0.25, -0.2) is 17.9 Å². The van der Waals surface area contributed by atoms with Gasteiger partial charge in [0.15, 0.2) is 0 Å². The lowest BCUT2D eigenvalue weighted by molar-refractivity contribution is 0.241. The zero-order valence-corrected chi connectivity index (χ0v) is 16.2. The average Bonchev–Trinajstić information content (AvgIpc) is 2.64. The van der Waals surface area contributed by atoms with Crippen LogP contribution in [0.15, 0.2) is 54.6 Å². The number of halogens is 1. The van der Waals surface area contributed by atoms with Crippen molar-refractivity contribution in [2.24, 2.45) is 5.14 Å². The van der Waals surface area contributed by atoms with Gasteiger partial charge in [-0.15, -0.1) is 0 Å². The molecular formula is C21H18FNO5S. The van der Waals surface area contributed by atoms with E-state index in [4.69, 9.17) is 14.6 Å². The summed E-state index contributed by atoms with van der Waals surface area (Å²) in [6, 6.07) is 14.1. The van der Waals surface area contributed by atoms with Crippen molar-refractivity contribution in [2.45, 2.75) is 11.9 Å². The van der Waals surface area contributed by atoms with Crippen LogP contribution in [0.1, 0.15) is 22.8 Å². The van der Waals surface area contributed by atoms with Crippen LogP contribution in [0.3, 0.4) is 0 Å². The number of aromatic hydroxyl groups is 1. The fourth-order valence-electron chi connectivity index (χ4n) is 3.61. The van der Waals surface area contributed by atoms with Crippen LogP contribution in [0.4, 0.5) is 4.39 Å². The predicted octanol–water partition coefficient (Wildman–Crippen LogP) is 3.48. The van der Waals surface area contributed by atoms with Crippen LogP contribution in [0, 0.1) is 5.82 Å². The number of phenolic OH excluding ortho intramolecular Hbond substituents is 1. The third-order valence-corrected chi connectivity index (χ3v) is 5.43. The van der Waals surface area contributed by atoms with Crippen LogP contribution < -0.4 is 14.6 Å². The summed E-state index contributed by atoms with van der Waals surface area (Å²) in [5, 5.41) is 15.0. The van der Waals surface area contributed by atoms with Gasteiger partial charge in [0.2, 0.25) is 10.0 Å². The summed E-state index contributed by atoms with van der Waals surface area (Å²) in [4.78, 5) is 0. The van der Waals surface area contributed by atoms with Gasteiger partial charge in [0.25, 0.3) is 0 Å². The Hall–Kier alpha value is -3.10. The first-order valence-electron chi connectivity index (χ1n) is 8.72. The van der Waals surface area contributed by atoms with Gasteiger partial charge in [-0.3, -0.25) is 0 Å². The first-order valence-corrected chi connectivity index (χ1v) is 10.4. The van der Waals surface area contributed by atoms with E-state index < -0.39 is 21.9 Å². The largest absolute Gasteiger partial charge is 0.508 e. The maximum Gasteiger partial charge on any atom is 0.213 e. The van der Waals surface area contributed by atoms with Crippen LogP contribution >= 0.6 is 0 Å². The molecule has 3 N–H and O–H groups in total. The number of hydrogen-bond acceptors (Lipinski definition) is 5. The van der Waals surface area contributed by atoms with E-state index in [9.17, 15) is 17.9 Å². The van der Waals surface area contributed by atoms with Gasteiger partial charge in [-0.1, -0.05) is 24.3 Å². The molecule has 1 aliphatic heterocycles. The van der Waals surface area contributed by atoms with E-state index in [0.29, 0.717) is 33.8 Å². The third-order valence-electron chi connectivity index (χ3n) is 4.70. The van der Waals surface area contributed by atoms with Gasteiger partial charge < -0.3 is 14.6 Å². The molecule has 0 amide bonds. The molecule has 1 atom stereocenters. The molecule has 0 aromatic heterocycles. The molecule has 1 heterocycles. The zero-order valence-electron chi connectivity index (χ0n) is 15.4. The smallest absolute Gasteiger partial charge is 0.213 e. The molecule has 0 fully saturated rings. The Balaban J connectivity index is 1.95. The second-order valence-corrected chi connectivity index (χ2v) is 8.42. The lowest BCUT2D eigenvalue weighted by atomic mass is 9.88. The Kier molecular flexibility index (Phi) is 4.68. The van der Waals surface area contributed by atoms with Crippen LogP contribution in [0.2, 0.25) is 0 Å². The quantitative estimate of drug-likeness (QED) is 0.680. The molecule has 1 aliphatic rings. The van der Waals surface area contributed by atoms with E-state index >= 15 is 0 Å². The van der Waals surface area contributed by atoms with Gasteiger partial charge >= 0.3 is 0 Å². The second-order valence-electron chi connectivity index (χ2n) is 6.80. The van der Waals surface area contributed by atoms with Crippen molar-refractivity contribution in [3.63, 3.8) is 0 Å². The number of rotatable bonds is 4. The Bertz CT molecular complexity index is 1190. The SMILES string of the molecule is COc1cccc2c1-c1ccc(CS(N)(=O)=O)cc1C(c1cc(O)cc(F)c1)O2. The number of sulfonamides is 1. The number of primary sulfonamides is 1. The number of hydrogen-bond donors (Lipinski definition) is 2. The third kappa shape index (κ3) is 3.76. The van der Waals surface area contributed by atoms with Gasteiger partial charge in [0, 0.05) is 17.2 Å². The van der Waals surface area contributed by atoms with Gasteiger partial charge in [-0.2, -0.15) is 0 Å². The van der Waals surface area contributed by atoms with Crippen molar-refractivity contribution in [3.05, 3.63) is 77.1 Å². The first kappa shape index (κ1) is 19.2. The number of methoxy groups -OCH3 is 1. The van der Waals surface area contributed by atoms with E-state index in [-0.39, 0.29) is 11.5 Å². The van der Waals surface area contributed by atoms with Crippen molar-refractivity contribution in [1.29, 1.82) is 0 Å². The predicted molar refractivity (Wildman–Crippen MR) is 106 cm³/mol. The topological polar surface area (TPSA) is 98.9 Å². The molecule has 0 aliphatic carbocycles. The summed E-state index contributed by atoms with van der Waals surface area (Å²) < 4.78 is 48.7. The van der Waals surface area contributed by atoms with Crippen LogP contribution in [0.5, 0.6) is 17.2 Å². The summed E-state index contributed by atoms with van der Waals surface area (Å²) in [5.74, 6) is -0.0713. The molecule has 8 heteroatoms. The van der Waals surface area contributed by atoms with Gasteiger partial charge in [0.05, 0.1) is 18.4 Å². The zero-order chi connectivity index (χ0) is 20.8. The monoisotopic (exact) mass is 415 g/mol. The summed E-state index contributed by atoms with van der Waals surface area (Å²) in [5.41, 5.74) is 2.96. The number of fused-ring (bicyclic) bond motifs is 3. The minimum atomic E-state index is -3.74. The molecule has 6 nitrogen and oxygen atoms in total. The van der Waals surface area contributed by atoms with Gasteiger partial charge in [0.1, 0.15) is 29.2 Å². The fraction of sp³-hybridized carbons (Fsp3) is 0.143. The molecule has 4 rings (SSSR count). The Morgan fingerprint density at radius 3 is 2.66 bits per heavy atom. The highest BCUT2D eigenvalue weighted by atomic mass is 32.2. The number of nitrogens with two attached hydrogens (primary N) is 1. The number of benzene rings is 3. The molecule has 0 radical (unpaired) electrons. The number of ether oxygens (including phenoxy) is 2. The molecule has 0 spiro atoms. The van der Waals surface area contributed by atoms with E-state index in [1.54, 1.807) is 43.5 Å². The Labute approximate surface area is 167 Å². The Morgan fingerprint density at radius 1 is 1.17 bits per heavy atom. The lowest BCUT2D eigenvalue weighted by Crippen LogP contribution is -2.18. The molecule has 0 saturated heterocycles. The fourth-order valence-corrected chi connectivity index (χ4v) is 4.25.